The van der Waals surface area contributed by atoms with Gasteiger partial charge in [-0.1, -0.05) is 181 Å². The summed E-state index contributed by atoms with van der Waals surface area (Å²) < 4.78 is 10.8. The molecular weight excluding hydrogens is 690 g/mol. The van der Waals surface area contributed by atoms with Gasteiger partial charge in [0.2, 0.25) is 0 Å². The molecule has 0 fully saturated rings. The summed E-state index contributed by atoms with van der Waals surface area (Å²) in [5, 5.41) is 51.2. The second-order valence-corrected chi connectivity index (χ2v) is 15.4. The number of nitrogens with one attached hydrogen (secondary N) is 1. The first kappa shape index (κ1) is 52.2. The van der Waals surface area contributed by atoms with Crippen molar-refractivity contribution < 1.29 is 49.4 Å². The summed E-state index contributed by atoms with van der Waals surface area (Å²) in [4.78, 5) is 38.1. The molecule has 0 aliphatic carbocycles. The number of unbranched alkanes of at least 4 members (excludes halogenated alkanes) is 26. The van der Waals surface area contributed by atoms with Crippen molar-refractivity contribution in [2.45, 2.75) is 237 Å². The molecule has 11 nitrogen and oxygen atoms in total. The third kappa shape index (κ3) is 30.4. The van der Waals surface area contributed by atoms with Gasteiger partial charge in [0.1, 0.15) is 24.4 Å². The second-order valence-electron chi connectivity index (χ2n) is 15.4. The number of aliphatic hydroxyl groups is 5. The van der Waals surface area contributed by atoms with Gasteiger partial charge in [0, 0.05) is 6.42 Å². The number of esters is 2. The van der Waals surface area contributed by atoms with Crippen LogP contribution in [0.25, 0.3) is 0 Å². The van der Waals surface area contributed by atoms with Crippen molar-refractivity contribution in [2.75, 3.05) is 19.8 Å². The van der Waals surface area contributed by atoms with Gasteiger partial charge in [-0.15, -0.1) is 0 Å². The second kappa shape index (κ2) is 38.1. The predicted molar refractivity (Wildman–Crippen MR) is 215 cm³/mol. The van der Waals surface area contributed by atoms with Crippen molar-refractivity contribution >= 4 is 17.8 Å². The molecule has 0 rings (SSSR count). The topological polar surface area (TPSA) is 183 Å². The number of carbonyl (C=O) groups is 3. The molecule has 5 atom stereocenters. The molecule has 0 aromatic heterocycles. The lowest BCUT2D eigenvalue weighted by Gasteiger charge is -2.26. The largest absolute Gasteiger partial charge is 0.466 e. The van der Waals surface area contributed by atoms with E-state index in [1.165, 1.54) is 135 Å². The van der Waals surface area contributed by atoms with Crippen LogP contribution in [0.4, 0.5) is 0 Å². The summed E-state index contributed by atoms with van der Waals surface area (Å²) in [5.74, 6) is -2.50. The van der Waals surface area contributed by atoms with Crippen LogP contribution in [0.3, 0.4) is 0 Å². The monoisotopic (exact) mass is 774 g/mol. The average Bonchev–Trinajstić information content (AvgIpc) is 3.17. The predicted octanol–water partition coefficient (Wildman–Crippen LogP) is 7.74. The van der Waals surface area contributed by atoms with Gasteiger partial charge >= 0.3 is 11.9 Å². The lowest BCUT2D eigenvalue weighted by molar-refractivity contribution is -0.155. The van der Waals surface area contributed by atoms with Gasteiger partial charge in [-0.25, -0.2) is 4.79 Å². The average molecular weight is 774 g/mol. The number of aliphatic hydroxyl groups excluding tert-OH is 5. The van der Waals surface area contributed by atoms with Gasteiger partial charge in [-0.2, -0.15) is 0 Å². The van der Waals surface area contributed by atoms with E-state index in [2.05, 4.69) is 19.2 Å². The maximum Gasteiger partial charge on any atom is 0.328 e. The van der Waals surface area contributed by atoms with Crippen LogP contribution in [0.15, 0.2) is 0 Å². The fourth-order valence-electron chi connectivity index (χ4n) is 6.57. The highest BCUT2D eigenvalue weighted by Crippen LogP contribution is 2.15. The van der Waals surface area contributed by atoms with Crippen LogP contribution < -0.4 is 5.32 Å². The van der Waals surface area contributed by atoms with Crippen LogP contribution in [-0.2, 0) is 23.9 Å². The Morgan fingerprint density at radius 2 is 0.852 bits per heavy atom. The summed E-state index contributed by atoms with van der Waals surface area (Å²) in [6, 6.07) is -1.31. The lowest BCUT2D eigenvalue weighted by Crippen LogP contribution is -2.54. The zero-order valence-corrected chi connectivity index (χ0v) is 34.5. The Hall–Kier alpha value is -1.79. The highest BCUT2D eigenvalue weighted by molar-refractivity contribution is 5.87. The van der Waals surface area contributed by atoms with Gasteiger partial charge in [-0.3, -0.25) is 9.59 Å². The van der Waals surface area contributed by atoms with Crippen LogP contribution in [-0.4, -0.2) is 93.7 Å². The van der Waals surface area contributed by atoms with Gasteiger partial charge < -0.3 is 40.3 Å². The Labute approximate surface area is 328 Å². The number of carbonyl (C=O) groups excluding carboxylic acids is 3. The first-order valence-electron chi connectivity index (χ1n) is 22.1. The van der Waals surface area contributed by atoms with E-state index in [4.69, 9.17) is 14.6 Å². The Kier molecular flexibility index (Phi) is 36.8. The van der Waals surface area contributed by atoms with E-state index in [-0.39, 0.29) is 26.1 Å². The van der Waals surface area contributed by atoms with E-state index in [0.717, 1.165) is 38.5 Å². The van der Waals surface area contributed by atoms with Crippen LogP contribution in [0.5, 0.6) is 0 Å². The number of amides is 1. The van der Waals surface area contributed by atoms with Crippen molar-refractivity contribution in [3.63, 3.8) is 0 Å². The highest BCUT2D eigenvalue weighted by atomic mass is 16.5. The third-order valence-corrected chi connectivity index (χ3v) is 10.3. The van der Waals surface area contributed by atoms with Crippen LogP contribution in [0.2, 0.25) is 0 Å². The molecule has 0 aromatic rings. The number of ether oxygens (including phenoxy) is 2. The van der Waals surface area contributed by atoms with Crippen LogP contribution >= 0.6 is 0 Å². The van der Waals surface area contributed by atoms with E-state index < -0.39 is 54.9 Å². The minimum absolute atomic E-state index is 0.138. The first-order chi connectivity index (χ1) is 26.2. The zero-order chi connectivity index (χ0) is 40.1. The Morgan fingerprint density at radius 1 is 0.500 bits per heavy atom. The SMILES string of the molecule is CCCCCCCCCCCCCCCCOC(=O)CC[C@H](NC(=O)[C@H](O)[C@@H](O)[C@H](O)[C@H](O)CO)C(=O)OCCCCCCCCCCCCCCCC. The maximum absolute atomic E-state index is 13.0. The summed E-state index contributed by atoms with van der Waals surface area (Å²) >= 11 is 0. The van der Waals surface area contributed by atoms with E-state index in [1.807, 2.05) is 0 Å². The van der Waals surface area contributed by atoms with E-state index in [1.54, 1.807) is 0 Å². The standard InChI is InChI=1S/C43H83NO10/c1-3-5-7-9-11-13-15-17-19-21-23-25-27-29-33-53-38(47)32-31-36(44-42(51)41(50)40(49)39(48)37(46)35-45)43(52)54-34-30-28-26-24-22-20-18-16-14-12-10-8-6-4-2/h36-37,39-41,45-46,48-50H,3-35H2,1-2H3,(H,44,51)/t36-,37+,39+,40-,41+/m0/s1. The molecule has 1 amide bonds. The molecule has 0 aliphatic heterocycles. The minimum Gasteiger partial charge on any atom is -0.466 e. The number of rotatable bonds is 40. The fraction of sp³-hybridized carbons (Fsp3) is 0.930. The normalized spacial score (nSPS) is 14.3. The molecule has 0 saturated carbocycles. The molecule has 0 aromatic carbocycles. The highest BCUT2D eigenvalue weighted by Gasteiger charge is 2.36. The number of hydrogen-bond donors (Lipinski definition) is 6. The van der Waals surface area contributed by atoms with Crippen molar-refractivity contribution in [2.24, 2.45) is 0 Å². The van der Waals surface area contributed by atoms with Crippen LogP contribution in [0, 0.1) is 0 Å². The molecule has 320 valence electrons. The summed E-state index contributed by atoms with van der Waals surface area (Å²) in [6.45, 7) is 3.99. The Bertz CT molecular complexity index is 875. The fourth-order valence-corrected chi connectivity index (χ4v) is 6.57. The molecule has 0 bridgehead atoms. The molecule has 54 heavy (non-hydrogen) atoms. The molecule has 0 unspecified atom stereocenters. The molecule has 0 radical (unpaired) electrons. The molecule has 0 aliphatic rings. The van der Waals surface area contributed by atoms with Gasteiger partial charge in [0.25, 0.3) is 5.91 Å². The molecule has 0 heterocycles. The first-order valence-corrected chi connectivity index (χ1v) is 22.1. The zero-order valence-electron chi connectivity index (χ0n) is 34.5. The van der Waals surface area contributed by atoms with Crippen molar-refractivity contribution in [3.05, 3.63) is 0 Å². The summed E-state index contributed by atoms with van der Waals surface area (Å²) in [7, 11) is 0. The van der Waals surface area contributed by atoms with E-state index in [9.17, 15) is 34.8 Å². The molecular formula is C43H83NO10. The lowest BCUT2D eigenvalue weighted by atomic mass is 10.0. The van der Waals surface area contributed by atoms with Gasteiger partial charge in [0.15, 0.2) is 6.10 Å². The maximum atomic E-state index is 13.0. The number of hydrogen-bond acceptors (Lipinski definition) is 10. The molecule has 6 N–H and O–H groups in total. The molecule has 0 saturated heterocycles. The van der Waals surface area contributed by atoms with Crippen LogP contribution in [0.1, 0.15) is 206 Å². The van der Waals surface area contributed by atoms with Crippen molar-refractivity contribution in [3.8, 4) is 0 Å². The summed E-state index contributed by atoms with van der Waals surface area (Å²) in [5.41, 5.74) is 0. The Morgan fingerprint density at radius 3 is 1.22 bits per heavy atom. The van der Waals surface area contributed by atoms with E-state index in [0.29, 0.717) is 6.42 Å². The Balaban J connectivity index is 4.47. The third-order valence-electron chi connectivity index (χ3n) is 10.3. The van der Waals surface area contributed by atoms with Gasteiger partial charge in [-0.05, 0) is 19.3 Å². The minimum atomic E-state index is -2.21. The molecule has 11 heteroatoms. The van der Waals surface area contributed by atoms with E-state index >= 15 is 0 Å². The quantitative estimate of drug-likeness (QED) is 0.0266. The van der Waals surface area contributed by atoms with Gasteiger partial charge in [0.05, 0.1) is 19.8 Å². The van der Waals surface area contributed by atoms with Crippen molar-refractivity contribution in [1.29, 1.82) is 0 Å². The van der Waals surface area contributed by atoms with Crippen molar-refractivity contribution in [1.82, 2.24) is 5.32 Å². The smallest absolute Gasteiger partial charge is 0.328 e. The summed E-state index contributed by atoms with van der Waals surface area (Å²) in [6.07, 6.45) is 25.4. The molecule has 0 spiro atoms.